The van der Waals surface area contributed by atoms with Gasteiger partial charge in [0.25, 0.3) is 0 Å². The van der Waals surface area contributed by atoms with Crippen LogP contribution in [0.5, 0.6) is 0 Å². The molecule has 0 saturated carbocycles. The van der Waals surface area contributed by atoms with Gasteiger partial charge in [0.15, 0.2) is 24.6 Å². The molecule has 69 heavy (non-hydrogen) atoms. The molecule has 2 rings (SSSR count). The quantitative estimate of drug-likeness (QED) is 0.0145. The summed E-state index contributed by atoms with van der Waals surface area (Å²) in [5.41, 5.74) is 0.203. The molecular weight excluding hydrogens is 913 g/mol. The first-order chi connectivity index (χ1) is 33.2. The van der Waals surface area contributed by atoms with Gasteiger partial charge < -0.3 is 49.2 Å². The second-order valence-electron chi connectivity index (χ2n) is 19.8. The average molecular weight is 1010 g/mol. The topological polar surface area (TPSA) is 245 Å². The third kappa shape index (κ3) is 27.2. The molecule has 11 atom stereocenters. The minimum absolute atomic E-state index is 0.00513. The fourth-order valence-corrected chi connectivity index (χ4v) is 9.74. The predicted molar refractivity (Wildman–Crippen MR) is 264 cm³/mol. The fourth-order valence-electron chi connectivity index (χ4n) is 9.26. The zero-order valence-electron chi connectivity index (χ0n) is 42.9. The number of unbranched alkanes of at least 4 members (excludes halogenated alkanes) is 27. The number of carbonyl (C=O) groups excluding carboxylic acids is 2. The molecule has 6 N–H and O–H groups in total. The van der Waals surface area contributed by atoms with Crippen molar-refractivity contribution in [3.63, 3.8) is 0 Å². The number of aliphatic hydroxyl groups excluding tert-OH is 5. The Kier molecular flexibility index (Phi) is 34.8. The molecular formula is C52H96O16S. The third-order valence-corrected chi connectivity index (χ3v) is 14.0. The van der Waals surface area contributed by atoms with Gasteiger partial charge in [-0.3, -0.25) is 9.35 Å². The van der Waals surface area contributed by atoms with E-state index in [0.29, 0.717) is 6.42 Å². The lowest BCUT2D eigenvalue weighted by Crippen LogP contribution is -2.65. The Bertz CT molecular complexity index is 1460. The number of carbonyl (C=O) groups is 2. The van der Waals surface area contributed by atoms with Gasteiger partial charge >= 0.3 is 22.3 Å². The van der Waals surface area contributed by atoms with E-state index in [0.717, 1.165) is 51.4 Å². The van der Waals surface area contributed by atoms with Crippen LogP contribution in [-0.2, 0) is 47.9 Å². The second-order valence-corrected chi connectivity index (χ2v) is 20.8. The summed E-state index contributed by atoms with van der Waals surface area (Å²) in [7, 11) is -5.31. The Balaban J connectivity index is 2.05. The third-order valence-electron chi connectivity index (χ3n) is 13.5. The lowest BCUT2D eigenvalue weighted by Gasteiger charge is -2.46. The summed E-state index contributed by atoms with van der Waals surface area (Å²) in [4.78, 5) is 27.2. The molecule has 0 amide bonds. The Hall–Kier alpha value is -1.77. The molecule has 17 heteroatoms. The molecule has 0 bridgehead atoms. The van der Waals surface area contributed by atoms with E-state index in [1.54, 1.807) is 13.0 Å². The number of allylic oxidation sites excluding steroid dienone is 1. The maximum absolute atomic E-state index is 13.8. The maximum atomic E-state index is 13.8. The lowest BCUT2D eigenvalue weighted by molar-refractivity contribution is -0.374. The van der Waals surface area contributed by atoms with Gasteiger partial charge in [0.1, 0.15) is 30.5 Å². The number of rotatable bonds is 41. The average Bonchev–Trinajstić information content (AvgIpc) is 3.31. The van der Waals surface area contributed by atoms with Crippen LogP contribution in [-0.4, -0.2) is 125 Å². The first-order valence-electron chi connectivity index (χ1n) is 27.1. The number of hydrogen-bond donors (Lipinski definition) is 6. The standard InChI is InChI=1S/C52H96O16S/c1-5-7-9-11-13-15-17-19-20-21-23-24-26-28-30-32-34-39(3)36-40(4)50(59)66-49-47(65-43(55)35-33-31-29-27-25-22-18-16-14-12-10-8-6-2)45(57)42(38-54)64-52(49)67-51-48(68-69(60,61)62)46(58)44(56)41(37-53)63-51/h36,39,41-42,44-49,51-54,56-58H,5-35,37-38H2,1-4H3,(H,60,61,62)/b40-36+/t39-,41+,42+,44+,45+,46-,47-,48+,49+,51+,52+/m0/s1. The van der Waals surface area contributed by atoms with Crippen molar-refractivity contribution in [3.05, 3.63) is 11.6 Å². The molecule has 0 aromatic carbocycles. The molecule has 2 aliphatic rings. The van der Waals surface area contributed by atoms with Gasteiger partial charge in [-0.1, -0.05) is 207 Å². The number of aliphatic hydroxyl groups is 5. The molecule has 2 heterocycles. The van der Waals surface area contributed by atoms with Crippen LogP contribution in [0.2, 0.25) is 0 Å². The monoisotopic (exact) mass is 1010 g/mol. The first kappa shape index (κ1) is 63.3. The molecule has 2 aliphatic heterocycles. The van der Waals surface area contributed by atoms with E-state index in [1.807, 2.05) is 6.92 Å². The van der Waals surface area contributed by atoms with Crippen LogP contribution < -0.4 is 0 Å². The number of esters is 2. The van der Waals surface area contributed by atoms with Crippen LogP contribution in [0.25, 0.3) is 0 Å². The van der Waals surface area contributed by atoms with Crippen molar-refractivity contribution in [2.75, 3.05) is 13.2 Å². The lowest BCUT2D eigenvalue weighted by atomic mass is 9.97. The molecule has 0 radical (unpaired) electrons. The summed E-state index contributed by atoms with van der Waals surface area (Å²) in [6.45, 7) is 6.30. The van der Waals surface area contributed by atoms with Crippen LogP contribution in [0, 0.1) is 5.92 Å². The summed E-state index contributed by atoms with van der Waals surface area (Å²) in [6.07, 6.45) is 19.0. The molecule has 0 aromatic heterocycles. The van der Waals surface area contributed by atoms with Crippen LogP contribution in [0.1, 0.15) is 227 Å². The predicted octanol–water partition coefficient (Wildman–Crippen LogP) is 9.25. The van der Waals surface area contributed by atoms with Crippen molar-refractivity contribution in [3.8, 4) is 0 Å². The van der Waals surface area contributed by atoms with Crippen molar-refractivity contribution >= 4 is 22.3 Å². The van der Waals surface area contributed by atoms with Gasteiger partial charge in [-0.25, -0.2) is 8.98 Å². The van der Waals surface area contributed by atoms with Gasteiger partial charge in [0.05, 0.1) is 13.2 Å². The summed E-state index contributed by atoms with van der Waals surface area (Å²) in [6, 6.07) is 0. The van der Waals surface area contributed by atoms with Gasteiger partial charge in [-0.05, 0) is 25.7 Å². The highest BCUT2D eigenvalue weighted by Gasteiger charge is 2.54. The molecule has 2 fully saturated rings. The molecule has 0 spiro atoms. The zero-order chi connectivity index (χ0) is 50.9. The Morgan fingerprint density at radius 1 is 0.551 bits per heavy atom. The van der Waals surface area contributed by atoms with Gasteiger partial charge in [-0.2, -0.15) is 8.42 Å². The zero-order valence-corrected chi connectivity index (χ0v) is 43.8. The number of hydrogen-bond acceptors (Lipinski definition) is 15. The largest absolute Gasteiger partial charge is 0.455 e. The summed E-state index contributed by atoms with van der Waals surface area (Å²) in [5, 5.41) is 52.7. The first-order valence-corrected chi connectivity index (χ1v) is 28.5. The highest BCUT2D eigenvalue weighted by atomic mass is 32.3. The van der Waals surface area contributed by atoms with E-state index in [2.05, 4.69) is 18.0 Å². The van der Waals surface area contributed by atoms with E-state index in [4.69, 9.17) is 23.7 Å². The molecule has 0 aromatic rings. The Labute approximate surface area is 415 Å². The minimum Gasteiger partial charge on any atom is -0.455 e. The molecule has 2 saturated heterocycles. The van der Waals surface area contributed by atoms with Crippen molar-refractivity contribution in [2.45, 2.75) is 288 Å². The van der Waals surface area contributed by atoms with E-state index < -0.39 is 97.0 Å². The van der Waals surface area contributed by atoms with E-state index in [1.165, 1.54) is 135 Å². The second kappa shape index (κ2) is 37.9. The molecule has 16 nitrogen and oxygen atoms in total. The number of ether oxygens (including phenoxy) is 5. The van der Waals surface area contributed by atoms with Gasteiger partial charge in [-0.15, -0.1) is 0 Å². The van der Waals surface area contributed by atoms with Crippen LogP contribution in [0.3, 0.4) is 0 Å². The van der Waals surface area contributed by atoms with Crippen LogP contribution >= 0.6 is 0 Å². The summed E-state index contributed by atoms with van der Waals surface area (Å²) >= 11 is 0. The van der Waals surface area contributed by atoms with Gasteiger partial charge in [0, 0.05) is 12.0 Å². The maximum Gasteiger partial charge on any atom is 0.397 e. The fraction of sp³-hybridized carbons (Fsp3) is 0.923. The van der Waals surface area contributed by atoms with Crippen molar-refractivity contribution in [2.24, 2.45) is 5.92 Å². The van der Waals surface area contributed by atoms with Crippen molar-refractivity contribution in [1.29, 1.82) is 0 Å². The summed E-state index contributed by atoms with van der Waals surface area (Å²) in [5.74, 6) is -1.60. The molecule has 0 unspecified atom stereocenters. The SMILES string of the molecule is CCCCCCCCCCCCCCCCCC[C@H](C)/C=C(\C)C(=O)O[C@H]1[C@@H](O[C@H]2O[C@H](CO)[C@@H](O)[C@H](O)[C@H]2OS(=O)(=O)O)O[C@H](CO)[C@@H](O)[C@@H]1OC(=O)CCCCCCCCCCCCCCC. The van der Waals surface area contributed by atoms with Crippen LogP contribution in [0.15, 0.2) is 11.6 Å². The van der Waals surface area contributed by atoms with Gasteiger partial charge in [0.2, 0.25) is 6.29 Å². The molecule has 0 aliphatic carbocycles. The highest BCUT2D eigenvalue weighted by molar-refractivity contribution is 7.80. The summed E-state index contributed by atoms with van der Waals surface area (Å²) < 4.78 is 66.6. The highest BCUT2D eigenvalue weighted by Crippen LogP contribution is 2.33. The Morgan fingerprint density at radius 2 is 0.942 bits per heavy atom. The van der Waals surface area contributed by atoms with Crippen LogP contribution in [0.4, 0.5) is 0 Å². The van der Waals surface area contributed by atoms with E-state index >= 15 is 0 Å². The van der Waals surface area contributed by atoms with E-state index in [-0.39, 0.29) is 17.9 Å². The molecule has 406 valence electrons. The Morgan fingerprint density at radius 3 is 1.36 bits per heavy atom. The smallest absolute Gasteiger partial charge is 0.397 e. The van der Waals surface area contributed by atoms with Crippen molar-refractivity contribution in [1.82, 2.24) is 0 Å². The minimum atomic E-state index is -5.31. The van der Waals surface area contributed by atoms with Crippen molar-refractivity contribution < 1.29 is 76.0 Å². The normalized spacial score (nSPS) is 26.0. The van der Waals surface area contributed by atoms with E-state index in [9.17, 15) is 48.1 Å².